The molecule has 1 saturated carbocycles. The Labute approximate surface area is 201 Å². The fraction of sp³-hybridized carbons (Fsp3) is 0.593. The largest absolute Gasteiger partial charge is 0.450 e. The predicted octanol–water partition coefficient (Wildman–Crippen LogP) is 4.83. The number of nitrogens with zero attached hydrogens (tertiary/aromatic N) is 4. The van der Waals surface area contributed by atoms with Crippen LogP contribution in [-0.4, -0.2) is 51.7 Å². The fourth-order valence-electron chi connectivity index (χ4n) is 5.66. The second kappa shape index (κ2) is 10.3. The van der Waals surface area contributed by atoms with Crippen LogP contribution in [0.3, 0.4) is 0 Å². The van der Waals surface area contributed by atoms with E-state index < -0.39 is 0 Å². The van der Waals surface area contributed by atoms with E-state index in [1.54, 1.807) is 4.68 Å². The van der Waals surface area contributed by atoms with Gasteiger partial charge in [0.1, 0.15) is 5.76 Å². The second-order valence-electron chi connectivity index (χ2n) is 9.97. The van der Waals surface area contributed by atoms with Gasteiger partial charge in [0.25, 0.3) is 0 Å². The van der Waals surface area contributed by atoms with E-state index >= 15 is 0 Å². The van der Waals surface area contributed by atoms with E-state index in [0.717, 1.165) is 79.2 Å². The number of ketones is 1. The molecule has 7 nitrogen and oxygen atoms in total. The summed E-state index contributed by atoms with van der Waals surface area (Å²) in [6.45, 7) is 5.74. The van der Waals surface area contributed by atoms with Crippen molar-refractivity contribution in [1.29, 1.82) is 0 Å². The third kappa shape index (κ3) is 5.19. The summed E-state index contributed by atoms with van der Waals surface area (Å²) in [6.07, 6.45) is 10.9. The number of rotatable bonds is 8. The number of Topliss-reactive ketones (excluding diaryl/α,β-unsaturated/α-hetero) is 1. The van der Waals surface area contributed by atoms with Crippen molar-refractivity contribution in [3.8, 4) is 6.08 Å². The summed E-state index contributed by atoms with van der Waals surface area (Å²) in [4.78, 5) is 20.1. The maximum Gasteiger partial charge on any atom is 0.393 e. The summed E-state index contributed by atoms with van der Waals surface area (Å²) in [6, 6.07) is 5.88. The molecule has 0 radical (unpaired) electrons. The van der Waals surface area contributed by atoms with Gasteiger partial charge < -0.3 is 14.1 Å². The van der Waals surface area contributed by atoms with Gasteiger partial charge in [-0.2, -0.15) is 10.1 Å². The molecular formula is C27H36N4O3. The highest BCUT2D eigenvalue weighted by Gasteiger charge is 2.26. The molecule has 2 aliphatic rings. The van der Waals surface area contributed by atoms with Crippen LogP contribution in [0.5, 0.6) is 6.08 Å². The first-order valence-electron chi connectivity index (χ1n) is 12.9. The van der Waals surface area contributed by atoms with Crippen molar-refractivity contribution in [2.45, 2.75) is 58.3 Å². The molecular weight excluding hydrogens is 428 g/mol. The molecule has 0 unspecified atom stereocenters. The highest BCUT2D eigenvalue weighted by atomic mass is 16.6. The van der Waals surface area contributed by atoms with Crippen LogP contribution in [0.4, 0.5) is 0 Å². The zero-order chi connectivity index (χ0) is 23.5. The Hall–Kier alpha value is -2.67. The topological polar surface area (TPSA) is 73.4 Å². The molecule has 1 aromatic carbocycles. The van der Waals surface area contributed by atoms with Gasteiger partial charge in [-0.05, 0) is 50.6 Å². The number of aryl methyl sites for hydroxylation is 1. The van der Waals surface area contributed by atoms with Gasteiger partial charge in [0.15, 0.2) is 5.78 Å². The zero-order valence-electron chi connectivity index (χ0n) is 20.5. The minimum Gasteiger partial charge on any atom is -0.450 e. The Balaban J connectivity index is 1.06. The predicted molar refractivity (Wildman–Crippen MR) is 131 cm³/mol. The standard InChI is InChI=1S/C27H36N4O3/c1-3-33-27-28-24-12-15-31(16-13-26(24)34-27)14-11-19-7-9-20(10-8-19)17-25(32)21-5-4-6-23-22(21)18-30(2)29-23/h4-6,18-20H,3,7-17H2,1-2H3. The van der Waals surface area contributed by atoms with Gasteiger partial charge in [0, 0.05) is 56.5 Å². The molecule has 0 bridgehead atoms. The average Bonchev–Trinajstić information content (AvgIpc) is 3.35. The molecule has 0 saturated heterocycles. The molecule has 3 heterocycles. The summed E-state index contributed by atoms with van der Waals surface area (Å²) in [5, 5.41) is 5.42. The van der Waals surface area contributed by atoms with Gasteiger partial charge in [-0.15, -0.1) is 0 Å². The first-order chi connectivity index (χ1) is 16.6. The minimum atomic E-state index is 0.268. The summed E-state index contributed by atoms with van der Waals surface area (Å²) >= 11 is 0. The van der Waals surface area contributed by atoms with E-state index in [2.05, 4.69) is 15.0 Å². The number of carbonyl (C=O) groups excluding carboxylic acids is 1. The van der Waals surface area contributed by atoms with E-state index in [4.69, 9.17) is 9.15 Å². The lowest BCUT2D eigenvalue weighted by molar-refractivity contribution is 0.0941. The van der Waals surface area contributed by atoms with Gasteiger partial charge in [-0.3, -0.25) is 9.48 Å². The number of aromatic nitrogens is 3. The van der Waals surface area contributed by atoms with Crippen molar-refractivity contribution in [3.05, 3.63) is 41.4 Å². The lowest BCUT2D eigenvalue weighted by Crippen LogP contribution is -2.30. The lowest BCUT2D eigenvalue weighted by Gasteiger charge is -2.30. The van der Waals surface area contributed by atoms with Crippen LogP contribution >= 0.6 is 0 Å². The molecule has 182 valence electrons. The van der Waals surface area contributed by atoms with E-state index in [-0.39, 0.29) is 5.78 Å². The molecule has 34 heavy (non-hydrogen) atoms. The van der Waals surface area contributed by atoms with E-state index in [0.29, 0.717) is 25.0 Å². The van der Waals surface area contributed by atoms with E-state index in [9.17, 15) is 4.79 Å². The molecule has 3 aromatic rings. The average molecular weight is 465 g/mol. The first kappa shape index (κ1) is 23.1. The third-order valence-electron chi connectivity index (χ3n) is 7.61. The summed E-state index contributed by atoms with van der Waals surface area (Å²) < 4.78 is 13.0. The number of carbonyl (C=O) groups is 1. The van der Waals surface area contributed by atoms with Gasteiger partial charge in [0.05, 0.1) is 17.8 Å². The number of benzene rings is 1. The number of oxazole rings is 1. The van der Waals surface area contributed by atoms with Crippen LogP contribution in [0, 0.1) is 11.8 Å². The van der Waals surface area contributed by atoms with Crippen molar-refractivity contribution in [3.63, 3.8) is 0 Å². The monoisotopic (exact) mass is 464 g/mol. The summed E-state index contributed by atoms with van der Waals surface area (Å²) in [5.41, 5.74) is 2.80. The lowest BCUT2D eigenvalue weighted by atomic mass is 9.78. The molecule has 1 fully saturated rings. The molecule has 0 atom stereocenters. The Bertz CT molecular complexity index is 1100. The highest BCUT2D eigenvalue weighted by molar-refractivity contribution is 6.07. The third-order valence-corrected chi connectivity index (χ3v) is 7.61. The molecule has 5 rings (SSSR count). The Morgan fingerprint density at radius 2 is 1.94 bits per heavy atom. The van der Waals surface area contributed by atoms with Crippen LogP contribution in [-0.2, 0) is 19.9 Å². The van der Waals surface area contributed by atoms with Gasteiger partial charge >= 0.3 is 6.08 Å². The SMILES string of the molecule is CCOc1nc2c(o1)CCN(CCC1CCC(CC(=O)c3cccc4nn(C)cc34)CC1)CC2. The minimum absolute atomic E-state index is 0.268. The quantitative estimate of drug-likeness (QED) is 0.445. The molecule has 2 aromatic heterocycles. The number of fused-ring (bicyclic) bond motifs is 2. The Morgan fingerprint density at radius 1 is 1.15 bits per heavy atom. The molecule has 1 aliphatic carbocycles. The molecule has 1 aliphatic heterocycles. The van der Waals surface area contributed by atoms with Gasteiger partial charge in [-0.1, -0.05) is 25.0 Å². The van der Waals surface area contributed by atoms with Crippen molar-refractivity contribution < 1.29 is 13.9 Å². The van der Waals surface area contributed by atoms with Crippen LogP contribution in [0.1, 0.15) is 67.3 Å². The van der Waals surface area contributed by atoms with Crippen LogP contribution in [0.15, 0.2) is 28.8 Å². The fourth-order valence-corrected chi connectivity index (χ4v) is 5.66. The Morgan fingerprint density at radius 3 is 2.76 bits per heavy atom. The van der Waals surface area contributed by atoms with Gasteiger partial charge in [-0.25, -0.2) is 0 Å². The first-order valence-corrected chi connectivity index (χ1v) is 12.9. The number of ether oxygens (including phenoxy) is 1. The van der Waals surface area contributed by atoms with Crippen LogP contribution < -0.4 is 4.74 Å². The molecule has 0 amide bonds. The maximum atomic E-state index is 13.0. The van der Waals surface area contributed by atoms with Crippen molar-refractivity contribution in [2.24, 2.45) is 18.9 Å². The van der Waals surface area contributed by atoms with Crippen LogP contribution in [0.25, 0.3) is 10.9 Å². The highest BCUT2D eigenvalue weighted by Crippen LogP contribution is 2.34. The molecule has 0 N–H and O–H groups in total. The smallest absolute Gasteiger partial charge is 0.393 e. The van der Waals surface area contributed by atoms with Crippen LogP contribution in [0.2, 0.25) is 0 Å². The maximum absolute atomic E-state index is 13.0. The van der Waals surface area contributed by atoms with E-state index in [1.165, 1.54) is 19.3 Å². The number of hydrogen-bond donors (Lipinski definition) is 0. The summed E-state index contributed by atoms with van der Waals surface area (Å²) in [5.74, 6) is 2.55. The van der Waals surface area contributed by atoms with Gasteiger partial charge in [0.2, 0.25) is 0 Å². The van der Waals surface area contributed by atoms with Crippen molar-refractivity contribution in [2.75, 3.05) is 26.2 Å². The number of hydrogen-bond acceptors (Lipinski definition) is 6. The summed E-state index contributed by atoms with van der Waals surface area (Å²) in [7, 11) is 1.91. The Kier molecular flexibility index (Phi) is 6.99. The van der Waals surface area contributed by atoms with Crippen molar-refractivity contribution >= 4 is 16.7 Å². The molecule has 0 spiro atoms. The van der Waals surface area contributed by atoms with Crippen molar-refractivity contribution in [1.82, 2.24) is 19.7 Å². The zero-order valence-corrected chi connectivity index (χ0v) is 20.5. The second-order valence-corrected chi connectivity index (χ2v) is 9.97. The molecule has 7 heteroatoms. The van der Waals surface area contributed by atoms with E-state index in [1.807, 2.05) is 38.4 Å². The normalized spacial score (nSPS) is 21.4.